The van der Waals surface area contributed by atoms with Gasteiger partial charge in [0.05, 0.1) is 39.8 Å². The highest BCUT2D eigenvalue weighted by Gasteiger charge is 2.16. The molecule has 0 N–H and O–H groups in total. The van der Waals surface area contributed by atoms with Crippen LogP contribution in [-0.4, -0.2) is 33.4 Å². The first kappa shape index (κ1) is 20.8. The third kappa shape index (κ3) is 3.84. The van der Waals surface area contributed by atoms with Gasteiger partial charge in [0, 0.05) is 21.5 Å². The second-order valence-electron chi connectivity index (χ2n) is 6.83. The molecule has 0 aliphatic carbocycles. The van der Waals surface area contributed by atoms with Crippen molar-refractivity contribution in [3.05, 3.63) is 65.7 Å². The van der Waals surface area contributed by atoms with Gasteiger partial charge in [0.25, 0.3) is 0 Å². The van der Waals surface area contributed by atoms with Gasteiger partial charge in [-0.2, -0.15) is 0 Å². The number of benzene rings is 3. The van der Waals surface area contributed by atoms with Crippen molar-refractivity contribution in [2.24, 2.45) is 0 Å². The SMILES string of the molecule is COc1ccc(-c2cc3cc(OC)c(OC)cc3c(-c3ccccc3Cl)n2)cc1OC. The summed E-state index contributed by atoms with van der Waals surface area (Å²) < 4.78 is 21.9. The Labute approximate surface area is 186 Å². The third-order valence-electron chi connectivity index (χ3n) is 5.14. The number of hydrogen-bond acceptors (Lipinski definition) is 5. The minimum absolute atomic E-state index is 0.621. The van der Waals surface area contributed by atoms with Crippen LogP contribution in [0.15, 0.2) is 60.7 Å². The van der Waals surface area contributed by atoms with Crippen molar-refractivity contribution < 1.29 is 18.9 Å². The zero-order valence-electron chi connectivity index (χ0n) is 17.7. The van der Waals surface area contributed by atoms with Crippen LogP contribution in [0.1, 0.15) is 0 Å². The fourth-order valence-corrected chi connectivity index (χ4v) is 3.81. The van der Waals surface area contributed by atoms with Crippen LogP contribution >= 0.6 is 11.6 Å². The van der Waals surface area contributed by atoms with Crippen molar-refractivity contribution in [3.63, 3.8) is 0 Å². The Bertz CT molecular complexity index is 1260. The van der Waals surface area contributed by atoms with E-state index in [-0.39, 0.29) is 0 Å². The van der Waals surface area contributed by atoms with Crippen LogP contribution in [-0.2, 0) is 0 Å². The van der Waals surface area contributed by atoms with Gasteiger partial charge < -0.3 is 18.9 Å². The van der Waals surface area contributed by atoms with E-state index >= 15 is 0 Å². The normalized spacial score (nSPS) is 10.7. The molecule has 0 aliphatic rings. The Balaban J connectivity index is 2.03. The molecule has 31 heavy (non-hydrogen) atoms. The predicted molar refractivity (Wildman–Crippen MR) is 124 cm³/mol. The Morgan fingerprint density at radius 2 is 1.32 bits per heavy atom. The summed E-state index contributed by atoms with van der Waals surface area (Å²) in [7, 11) is 6.46. The highest BCUT2D eigenvalue weighted by Crippen LogP contribution is 2.40. The molecule has 0 atom stereocenters. The fraction of sp³-hybridized carbons (Fsp3) is 0.160. The van der Waals surface area contributed by atoms with Crippen LogP contribution in [0.5, 0.6) is 23.0 Å². The molecule has 0 radical (unpaired) electrons. The van der Waals surface area contributed by atoms with Crippen LogP contribution < -0.4 is 18.9 Å². The molecule has 1 heterocycles. The lowest BCUT2D eigenvalue weighted by Gasteiger charge is -2.15. The fourth-order valence-electron chi connectivity index (χ4n) is 3.58. The minimum Gasteiger partial charge on any atom is -0.493 e. The Hall–Kier alpha value is -3.44. The number of methoxy groups -OCH3 is 4. The van der Waals surface area contributed by atoms with E-state index in [1.807, 2.05) is 60.7 Å². The van der Waals surface area contributed by atoms with E-state index in [1.54, 1.807) is 28.4 Å². The topological polar surface area (TPSA) is 49.8 Å². The van der Waals surface area contributed by atoms with Crippen LogP contribution in [0.2, 0.25) is 5.02 Å². The number of pyridine rings is 1. The lowest BCUT2D eigenvalue weighted by molar-refractivity contribution is 0.355. The minimum atomic E-state index is 0.621. The molecule has 0 spiro atoms. The molecule has 0 fully saturated rings. The molecule has 0 bridgehead atoms. The monoisotopic (exact) mass is 435 g/mol. The zero-order valence-corrected chi connectivity index (χ0v) is 18.5. The summed E-state index contributed by atoms with van der Waals surface area (Å²) in [5.74, 6) is 2.56. The maximum absolute atomic E-state index is 6.54. The van der Waals surface area contributed by atoms with Gasteiger partial charge in [0.15, 0.2) is 23.0 Å². The molecular weight excluding hydrogens is 414 g/mol. The molecule has 4 rings (SSSR count). The summed E-state index contributed by atoms with van der Waals surface area (Å²) in [6.07, 6.45) is 0. The van der Waals surface area contributed by atoms with Gasteiger partial charge in [-0.25, -0.2) is 4.98 Å². The highest BCUT2D eigenvalue weighted by atomic mass is 35.5. The lowest BCUT2D eigenvalue weighted by atomic mass is 10.00. The number of rotatable bonds is 6. The van der Waals surface area contributed by atoms with E-state index in [4.69, 9.17) is 35.5 Å². The first-order valence-electron chi connectivity index (χ1n) is 9.63. The number of nitrogens with zero attached hydrogens (tertiary/aromatic N) is 1. The van der Waals surface area contributed by atoms with E-state index < -0.39 is 0 Å². The summed E-state index contributed by atoms with van der Waals surface area (Å²) in [5.41, 5.74) is 3.26. The van der Waals surface area contributed by atoms with Gasteiger partial charge in [0.1, 0.15) is 0 Å². The molecule has 0 saturated carbocycles. The average molecular weight is 436 g/mol. The van der Waals surface area contributed by atoms with Crippen LogP contribution in [0.4, 0.5) is 0 Å². The summed E-state index contributed by atoms with van der Waals surface area (Å²) in [6, 6.07) is 19.3. The standard InChI is InChI=1S/C25H22ClNO4/c1-28-21-10-9-15(12-22(21)29-2)20-11-16-13-23(30-3)24(31-4)14-18(16)25(27-20)17-7-5-6-8-19(17)26/h5-14H,1-4H3. The molecular formula is C25H22ClNO4. The number of halogens is 1. The number of hydrogen-bond donors (Lipinski definition) is 0. The first-order chi connectivity index (χ1) is 15.1. The molecule has 158 valence electrons. The molecule has 0 unspecified atom stereocenters. The van der Waals surface area contributed by atoms with Crippen molar-refractivity contribution in [1.29, 1.82) is 0 Å². The predicted octanol–water partition coefficient (Wildman–Crippen LogP) is 6.26. The Morgan fingerprint density at radius 3 is 2.00 bits per heavy atom. The highest BCUT2D eigenvalue weighted by molar-refractivity contribution is 6.33. The van der Waals surface area contributed by atoms with Crippen LogP contribution in [0.3, 0.4) is 0 Å². The smallest absolute Gasteiger partial charge is 0.161 e. The molecule has 5 nitrogen and oxygen atoms in total. The largest absolute Gasteiger partial charge is 0.493 e. The molecule has 3 aromatic carbocycles. The van der Waals surface area contributed by atoms with Crippen molar-refractivity contribution in [2.75, 3.05) is 28.4 Å². The Morgan fingerprint density at radius 1 is 0.677 bits per heavy atom. The second-order valence-corrected chi connectivity index (χ2v) is 7.24. The number of fused-ring (bicyclic) bond motifs is 1. The van der Waals surface area contributed by atoms with Gasteiger partial charge in [0.2, 0.25) is 0 Å². The van der Waals surface area contributed by atoms with Gasteiger partial charge in [-0.15, -0.1) is 0 Å². The average Bonchev–Trinajstić information content (AvgIpc) is 2.82. The maximum atomic E-state index is 6.54. The van der Waals surface area contributed by atoms with Gasteiger partial charge in [-0.1, -0.05) is 29.8 Å². The second kappa shape index (κ2) is 8.74. The molecule has 0 saturated heterocycles. The number of aromatic nitrogens is 1. The summed E-state index contributed by atoms with van der Waals surface area (Å²) >= 11 is 6.54. The van der Waals surface area contributed by atoms with Crippen LogP contribution in [0, 0.1) is 0 Å². The molecule has 1 aromatic heterocycles. The third-order valence-corrected chi connectivity index (χ3v) is 5.47. The van der Waals surface area contributed by atoms with Crippen molar-refractivity contribution >= 4 is 22.4 Å². The van der Waals surface area contributed by atoms with Crippen molar-refractivity contribution in [3.8, 4) is 45.5 Å². The van der Waals surface area contributed by atoms with Gasteiger partial charge in [-0.05, 0) is 47.9 Å². The molecule has 0 amide bonds. The van der Waals surface area contributed by atoms with E-state index in [0.29, 0.717) is 28.0 Å². The van der Waals surface area contributed by atoms with E-state index in [9.17, 15) is 0 Å². The van der Waals surface area contributed by atoms with Crippen molar-refractivity contribution in [1.82, 2.24) is 4.98 Å². The van der Waals surface area contributed by atoms with E-state index in [0.717, 1.165) is 33.3 Å². The summed E-state index contributed by atoms with van der Waals surface area (Å²) in [4.78, 5) is 4.99. The molecule has 4 aromatic rings. The van der Waals surface area contributed by atoms with Gasteiger partial charge >= 0.3 is 0 Å². The van der Waals surface area contributed by atoms with Crippen LogP contribution in [0.25, 0.3) is 33.3 Å². The molecule has 0 aliphatic heterocycles. The summed E-state index contributed by atoms with van der Waals surface area (Å²) in [6.45, 7) is 0. The van der Waals surface area contributed by atoms with Crippen molar-refractivity contribution in [2.45, 2.75) is 0 Å². The Kier molecular flexibility index (Phi) is 5.87. The summed E-state index contributed by atoms with van der Waals surface area (Å²) in [5, 5.41) is 2.48. The first-order valence-corrected chi connectivity index (χ1v) is 10.0. The van der Waals surface area contributed by atoms with E-state index in [1.165, 1.54) is 0 Å². The van der Waals surface area contributed by atoms with Gasteiger partial charge in [-0.3, -0.25) is 0 Å². The quantitative estimate of drug-likeness (QED) is 0.358. The molecule has 6 heteroatoms. The maximum Gasteiger partial charge on any atom is 0.161 e. The van der Waals surface area contributed by atoms with E-state index in [2.05, 4.69) is 0 Å². The zero-order chi connectivity index (χ0) is 22.0. The number of ether oxygens (including phenoxy) is 4. The lowest BCUT2D eigenvalue weighted by Crippen LogP contribution is -1.96.